The van der Waals surface area contributed by atoms with E-state index in [1.54, 1.807) is 22.5 Å². The van der Waals surface area contributed by atoms with E-state index in [2.05, 4.69) is 15.6 Å². The third-order valence-corrected chi connectivity index (χ3v) is 6.95. The lowest BCUT2D eigenvalue weighted by Crippen LogP contribution is -2.64. The van der Waals surface area contributed by atoms with Gasteiger partial charge in [-0.3, -0.25) is 14.4 Å². The van der Waals surface area contributed by atoms with E-state index < -0.39 is 11.4 Å². The molecule has 2 N–H and O–H groups in total. The number of carbonyl (C=O) groups is 3. The number of rotatable bonds is 7. The van der Waals surface area contributed by atoms with Gasteiger partial charge in [0.25, 0.3) is 11.8 Å². The number of nitrogens with zero attached hydrogens (tertiary/aromatic N) is 3. The highest BCUT2D eigenvalue weighted by molar-refractivity contribution is 6.31. The molecule has 1 aliphatic heterocycles. The van der Waals surface area contributed by atoms with Crippen LogP contribution in [0.15, 0.2) is 60.9 Å². The van der Waals surface area contributed by atoms with Gasteiger partial charge in [0.1, 0.15) is 11.2 Å². The molecule has 1 atom stereocenters. The van der Waals surface area contributed by atoms with Crippen molar-refractivity contribution >= 4 is 29.3 Å². The second-order valence-corrected chi connectivity index (χ2v) is 9.60. The minimum atomic E-state index is -1.09. The van der Waals surface area contributed by atoms with Crippen LogP contribution in [0.3, 0.4) is 0 Å². The fourth-order valence-corrected chi connectivity index (χ4v) is 4.79. The molecular weight excluding hydrogens is 466 g/mol. The number of imidazole rings is 1. The molecule has 9 heteroatoms. The molecule has 1 aromatic heterocycles. The fraction of sp³-hybridized carbons (Fsp3) is 0.308. The smallest absolute Gasteiger partial charge is 0.274 e. The van der Waals surface area contributed by atoms with Gasteiger partial charge >= 0.3 is 0 Å². The molecule has 1 aliphatic carbocycles. The number of aromatic nitrogens is 2. The first-order valence-corrected chi connectivity index (χ1v) is 12.0. The van der Waals surface area contributed by atoms with Crippen molar-refractivity contribution < 1.29 is 14.4 Å². The minimum absolute atomic E-state index is 0.0299. The molecule has 0 bridgehead atoms. The summed E-state index contributed by atoms with van der Waals surface area (Å²) in [5.41, 5.74) is 0.919. The Morgan fingerprint density at radius 3 is 2.49 bits per heavy atom. The lowest BCUT2D eigenvalue weighted by Gasteiger charge is -2.44. The first kappa shape index (κ1) is 23.1. The highest BCUT2D eigenvalue weighted by Crippen LogP contribution is 2.38. The van der Waals surface area contributed by atoms with Crippen LogP contribution in [0.4, 0.5) is 0 Å². The molecule has 180 valence electrons. The Labute approximate surface area is 208 Å². The molecule has 35 heavy (non-hydrogen) atoms. The Morgan fingerprint density at radius 1 is 1.06 bits per heavy atom. The lowest BCUT2D eigenvalue weighted by atomic mass is 9.93. The maximum atomic E-state index is 13.7. The van der Waals surface area contributed by atoms with E-state index in [1.807, 2.05) is 48.5 Å². The zero-order valence-corrected chi connectivity index (χ0v) is 20.1. The maximum absolute atomic E-state index is 13.7. The van der Waals surface area contributed by atoms with Crippen LogP contribution < -0.4 is 10.6 Å². The average Bonchev–Trinajstić information content (AvgIpc) is 3.60. The van der Waals surface area contributed by atoms with Crippen molar-refractivity contribution in [2.75, 3.05) is 0 Å². The van der Waals surface area contributed by atoms with E-state index in [-0.39, 0.29) is 42.3 Å². The quantitative estimate of drug-likeness (QED) is 0.530. The van der Waals surface area contributed by atoms with Crippen molar-refractivity contribution in [1.82, 2.24) is 25.1 Å². The summed E-state index contributed by atoms with van der Waals surface area (Å²) in [7, 11) is 0. The molecule has 0 unspecified atom stereocenters. The molecule has 3 amide bonds. The molecule has 0 spiro atoms. The summed E-state index contributed by atoms with van der Waals surface area (Å²) in [5, 5.41) is 6.34. The SMILES string of the molecule is C[C@@]1(C(=O)NCc2ccccc2)Cn2cnc(C(=O)NCc3ccccc3Cl)c2C(=O)N1C1CC1. The van der Waals surface area contributed by atoms with E-state index in [9.17, 15) is 14.4 Å². The first-order chi connectivity index (χ1) is 16.9. The number of hydrogen-bond donors (Lipinski definition) is 2. The summed E-state index contributed by atoms with van der Waals surface area (Å²) in [6.45, 7) is 2.58. The Balaban J connectivity index is 1.37. The standard InChI is InChI=1S/C26H26ClN5O3/c1-26(25(35)29-13-17-7-3-2-4-8-17)15-31-16-30-21(22(31)24(34)32(26)19-11-12-19)23(33)28-14-18-9-5-6-10-20(18)27/h2-10,16,19H,11-15H2,1H3,(H,28,33)(H,29,35)/t26-/m0/s1. The van der Waals surface area contributed by atoms with Gasteiger partial charge in [-0.2, -0.15) is 0 Å². The maximum Gasteiger partial charge on any atom is 0.274 e. The highest BCUT2D eigenvalue weighted by atomic mass is 35.5. The zero-order chi connectivity index (χ0) is 24.6. The number of hydrogen-bond acceptors (Lipinski definition) is 4. The normalized spacial score (nSPS) is 19.3. The molecule has 1 saturated carbocycles. The lowest BCUT2D eigenvalue weighted by molar-refractivity contribution is -0.133. The molecule has 3 aromatic rings. The van der Waals surface area contributed by atoms with Crippen molar-refractivity contribution in [2.45, 2.75) is 51.0 Å². The van der Waals surface area contributed by atoms with Crippen LogP contribution in [-0.2, 0) is 24.4 Å². The van der Waals surface area contributed by atoms with E-state index >= 15 is 0 Å². The van der Waals surface area contributed by atoms with Crippen LogP contribution in [0.1, 0.15) is 51.9 Å². The van der Waals surface area contributed by atoms with Crippen LogP contribution in [0, 0.1) is 0 Å². The van der Waals surface area contributed by atoms with Crippen molar-refractivity contribution in [3.05, 3.63) is 88.5 Å². The summed E-state index contributed by atoms with van der Waals surface area (Å²) < 4.78 is 1.62. The number of benzene rings is 2. The van der Waals surface area contributed by atoms with Crippen LogP contribution >= 0.6 is 11.6 Å². The molecule has 2 heterocycles. The molecule has 1 fully saturated rings. The predicted molar refractivity (Wildman–Crippen MR) is 131 cm³/mol. The van der Waals surface area contributed by atoms with Crippen LogP contribution in [0.25, 0.3) is 0 Å². The van der Waals surface area contributed by atoms with E-state index in [0.29, 0.717) is 11.6 Å². The largest absolute Gasteiger partial charge is 0.350 e. The highest BCUT2D eigenvalue weighted by Gasteiger charge is 2.53. The molecular formula is C26H26ClN5O3. The topological polar surface area (TPSA) is 96.3 Å². The van der Waals surface area contributed by atoms with Crippen LogP contribution in [0.5, 0.6) is 0 Å². The first-order valence-electron chi connectivity index (χ1n) is 11.6. The fourth-order valence-electron chi connectivity index (χ4n) is 4.59. The molecule has 0 radical (unpaired) electrons. The summed E-state index contributed by atoms with van der Waals surface area (Å²) in [6, 6.07) is 16.8. The Kier molecular flexibility index (Phi) is 6.06. The third kappa shape index (κ3) is 4.41. The van der Waals surface area contributed by atoms with Crippen molar-refractivity contribution in [1.29, 1.82) is 0 Å². The van der Waals surface area contributed by atoms with Crippen molar-refractivity contribution in [3.8, 4) is 0 Å². The number of halogens is 1. The van der Waals surface area contributed by atoms with Crippen LogP contribution in [0.2, 0.25) is 5.02 Å². The van der Waals surface area contributed by atoms with Crippen LogP contribution in [-0.4, -0.2) is 43.8 Å². The van der Waals surface area contributed by atoms with E-state index in [0.717, 1.165) is 24.0 Å². The average molecular weight is 492 g/mol. The van der Waals surface area contributed by atoms with Gasteiger partial charge in [0.2, 0.25) is 5.91 Å². The molecule has 2 aromatic carbocycles. The number of amides is 3. The zero-order valence-electron chi connectivity index (χ0n) is 19.3. The monoisotopic (exact) mass is 491 g/mol. The van der Waals surface area contributed by atoms with Gasteiger partial charge in [0.05, 0.1) is 12.9 Å². The molecule has 0 saturated heterocycles. The molecule has 5 rings (SSSR count). The Morgan fingerprint density at radius 2 is 1.77 bits per heavy atom. The summed E-state index contributed by atoms with van der Waals surface area (Å²) in [4.78, 5) is 46.0. The van der Waals surface area contributed by atoms with Crippen molar-refractivity contribution in [2.24, 2.45) is 0 Å². The predicted octanol–water partition coefficient (Wildman–Crippen LogP) is 3.16. The van der Waals surface area contributed by atoms with Gasteiger partial charge < -0.3 is 20.1 Å². The summed E-state index contributed by atoms with van der Waals surface area (Å²) in [6.07, 6.45) is 3.12. The van der Waals surface area contributed by atoms with Gasteiger partial charge in [0, 0.05) is 24.2 Å². The second kappa shape index (κ2) is 9.19. The third-order valence-electron chi connectivity index (χ3n) is 6.58. The summed E-state index contributed by atoms with van der Waals surface area (Å²) in [5.74, 6) is -1.04. The Hall–Kier alpha value is -3.65. The van der Waals surface area contributed by atoms with Crippen molar-refractivity contribution in [3.63, 3.8) is 0 Å². The molecule has 8 nitrogen and oxygen atoms in total. The number of fused-ring (bicyclic) bond motifs is 1. The minimum Gasteiger partial charge on any atom is -0.350 e. The van der Waals surface area contributed by atoms with Gasteiger partial charge in [-0.15, -0.1) is 0 Å². The van der Waals surface area contributed by atoms with Gasteiger partial charge in [0.15, 0.2) is 5.69 Å². The number of carbonyl (C=O) groups excluding carboxylic acids is 3. The van der Waals surface area contributed by atoms with E-state index in [1.165, 1.54) is 6.33 Å². The molecule has 2 aliphatic rings. The van der Waals surface area contributed by atoms with E-state index in [4.69, 9.17) is 11.6 Å². The van der Waals surface area contributed by atoms with Gasteiger partial charge in [-0.25, -0.2) is 4.98 Å². The summed E-state index contributed by atoms with van der Waals surface area (Å²) >= 11 is 6.19. The number of nitrogens with one attached hydrogen (secondary N) is 2. The Bertz CT molecular complexity index is 1290. The van der Waals surface area contributed by atoms with Gasteiger partial charge in [-0.05, 0) is 37.0 Å². The van der Waals surface area contributed by atoms with Gasteiger partial charge in [-0.1, -0.05) is 60.1 Å². The second-order valence-electron chi connectivity index (χ2n) is 9.19.